The van der Waals surface area contributed by atoms with Gasteiger partial charge in [-0.15, -0.1) is 0 Å². The first-order chi connectivity index (χ1) is 38.0. The van der Waals surface area contributed by atoms with Gasteiger partial charge in [-0.2, -0.15) is 0 Å². The van der Waals surface area contributed by atoms with Crippen LogP contribution in [-0.2, 0) is 28.6 Å². The Kier molecular flexibility index (Phi) is 63.2. The molecule has 6 nitrogen and oxygen atoms in total. The van der Waals surface area contributed by atoms with Crippen LogP contribution in [0.1, 0.15) is 355 Å². The molecule has 448 valence electrons. The van der Waals surface area contributed by atoms with Crippen LogP contribution in [0.2, 0.25) is 0 Å². The number of ether oxygens (including phenoxy) is 3. The summed E-state index contributed by atoms with van der Waals surface area (Å²) in [6, 6.07) is 0. The third-order valence-electron chi connectivity index (χ3n) is 15.0. The van der Waals surface area contributed by atoms with Crippen molar-refractivity contribution in [3.05, 3.63) is 60.8 Å². The fraction of sp³-hybridized carbons (Fsp3) is 0.817. The number of rotatable bonds is 62. The van der Waals surface area contributed by atoms with Crippen LogP contribution < -0.4 is 0 Å². The van der Waals surface area contributed by atoms with Crippen molar-refractivity contribution >= 4 is 17.9 Å². The Bertz CT molecular complexity index is 1380. The number of esters is 3. The predicted octanol–water partition coefficient (Wildman–Crippen LogP) is 23.1. The van der Waals surface area contributed by atoms with Crippen LogP contribution in [0.3, 0.4) is 0 Å². The fourth-order valence-corrected chi connectivity index (χ4v) is 10.0. The molecule has 0 saturated carbocycles. The summed E-state index contributed by atoms with van der Waals surface area (Å²) >= 11 is 0. The van der Waals surface area contributed by atoms with Crippen LogP contribution in [0.15, 0.2) is 60.8 Å². The van der Waals surface area contributed by atoms with E-state index < -0.39 is 6.10 Å². The molecule has 0 fully saturated rings. The molecular formula is C71H128O6. The molecule has 77 heavy (non-hydrogen) atoms. The SMILES string of the molecule is CC/C=C\C/C=C\C/C=C\C/C=C\C/C=C\CCCCCCCCCCCCCCCCCCCCCC(=O)OCC(COC(=O)CCCCCCC)OC(=O)CCCCCCCCCCCCCCCCCCCCC. The Morgan fingerprint density at radius 1 is 0.273 bits per heavy atom. The van der Waals surface area contributed by atoms with Gasteiger partial charge in [-0.3, -0.25) is 14.4 Å². The van der Waals surface area contributed by atoms with Gasteiger partial charge in [0, 0.05) is 19.3 Å². The molecule has 0 spiro atoms. The van der Waals surface area contributed by atoms with Gasteiger partial charge in [-0.25, -0.2) is 0 Å². The van der Waals surface area contributed by atoms with E-state index in [1.807, 2.05) is 0 Å². The van der Waals surface area contributed by atoms with Gasteiger partial charge >= 0.3 is 17.9 Å². The molecule has 0 aliphatic carbocycles. The Balaban J connectivity index is 3.90. The minimum absolute atomic E-state index is 0.0676. The summed E-state index contributed by atoms with van der Waals surface area (Å²) in [7, 11) is 0. The highest BCUT2D eigenvalue weighted by atomic mass is 16.6. The molecule has 0 saturated heterocycles. The summed E-state index contributed by atoms with van der Waals surface area (Å²) in [6.07, 6.45) is 84.5. The summed E-state index contributed by atoms with van der Waals surface area (Å²) in [5.74, 6) is -0.859. The van der Waals surface area contributed by atoms with Crippen LogP contribution in [0.5, 0.6) is 0 Å². The number of carbonyl (C=O) groups is 3. The van der Waals surface area contributed by atoms with Crippen LogP contribution in [-0.4, -0.2) is 37.2 Å². The zero-order chi connectivity index (χ0) is 55.7. The van der Waals surface area contributed by atoms with E-state index in [0.717, 1.165) is 96.3 Å². The highest BCUT2D eigenvalue weighted by molar-refractivity contribution is 5.71. The monoisotopic (exact) mass is 1080 g/mol. The molecule has 1 unspecified atom stereocenters. The van der Waals surface area contributed by atoms with Gasteiger partial charge in [-0.1, -0.05) is 332 Å². The Hall–Kier alpha value is -2.89. The molecule has 0 radical (unpaired) electrons. The van der Waals surface area contributed by atoms with Gasteiger partial charge in [0.2, 0.25) is 0 Å². The number of hydrogen-bond donors (Lipinski definition) is 0. The second-order valence-corrected chi connectivity index (χ2v) is 22.7. The van der Waals surface area contributed by atoms with Crippen LogP contribution >= 0.6 is 0 Å². The molecule has 0 aromatic carbocycles. The minimum atomic E-state index is -0.765. The largest absolute Gasteiger partial charge is 0.462 e. The maximum absolute atomic E-state index is 12.8. The summed E-state index contributed by atoms with van der Waals surface area (Å²) < 4.78 is 16.8. The van der Waals surface area contributed by atoms with Crippen molar-refractivity contribution in [2.45, 2.75) is 361 Å². The topological polar surface area (TPSA) is 78.9 Å². The van der Waals surface area contributed by atoms with Crippen molar-refractivity contribution in [2.75, 3.05) is 13.2 Å². The lowest BCUT2D eigenvalue weighted by atomic mass is 10.0. The van der Waals surface area contributed by atoms with Gasteiger partial charge in [0.1, 0.15) is 13.2 Å². The number of allylic oxidation sites excluding steroid dienone is 10. The van der Waals surface area contributed by atoms with Gasteiger partial charge in [0.05, 0.1) is 0 Å². The van der Waals surface area contributed by atoms with Gasteiger partial charge < -0.3 is 14.2 Å². The molecule has 0 aromatic heterocycles. The first-order valence-electron chi connectivity index (χ1n) is 33.8. The van der Waals surface area contributed by atoms with Crippen molar-refractivity contribution in [1.29, 1.82) is 0 Å². The van der Waals surface area contributed by atoms with Gasteiger partial charge in [-0.05, 0) is 64.2 Å². The summed E-state index contributed by atoms with van der Waals surface area (Å²) in [5, 5.41) is 0. The van der Waals surface area contributed by atoms with Gasteiger partial charge in [0.25, 0.3) is 0 Å². The van der Waals surface area contributed by atoms with Gasteiger partial charge in [0.15, 0.2) is 6.10 Å². The minimum Gasteiger partial charge on any atom is -0.462 e. The molecule has 0 rings (SSSR count). The smallest absolute Gasteiger partial charge is 0.306 e. The summed E-state index contributed by atoms with van der Waals surface area (Å²) in [5.41, 5.74) is 0. The zero-order valence-corrected chi connectivity index (χ0v) is 51.5. The van der Waals surface area contributed by atoms with E-state index in [-0.39, 0.29) is 31.1 Å². The van der Waals surface area contributed by atoms with E-state index >= 15 is 0 Å². The highest BCUT2D eigenvalue weighted by Gasteiger charge is 2.19. The average Bonchev–Trinajstić information content (AvgIpc) is 3.43. The van der Waals surface area contributed by atoms with E-state index in [1.54, 1.807) is 0 Å². The molecule has 0 amide bonds. The van der Waals surface area contributed by atoms with Crippen LogP contribution in [0, 0.1) is 0 Å². The lowest BCUT2D eigenvalue weighted by molar-refractivity contribution is -0.167. The standard InChI is InChI=1S/C71H128O6/c1-4-7-10-13-15-17-19-21-23-25-27-28-29-30-31-32-33-34-35-36-37-38-39-40-41-42-44-45-47-49-51-53-55-58-61-64-70(73)76-67-68(66-75-69(72)63-60-57-12-9-6-3)77-71(74)65-62-59-56-54-52-50-48-46-43-26-24-22-20-18-16-14-11-8-5-2/h7,10,15,17,21,23,27-28,30-31,68H,4-6,8-9,11-14,16,18-20,22,24-26,29,32-67H2,1-3H3/b10-7-,17-15-,23-21-,28-27-,31-30-. The number of unbranched alkanes of at least 4 members (excludes halogenated alkanes) is 41. The van der Waals surface area contributed by atoms with Crippen LogP contribution in [0.25, 0.3) is 0 Å². The molecule has 0 heterocycles. The quantitative estimate of drug-likeness (QED) is 0.0261. The molecule has 0 aliphatic heterocycles. The molecule has 0 aliphatic rings. The van der Waals surface area contributed by atoms with E-state index in [0.29, 0.717) is 19.3 Å². The predicted molar refractivity (Wildman–Crippen MR) is 335 cm³/mol. The Labute approximate surface area is 479 Å². The first kappa shape index (κ1) is 74.1. The first-order valence-corrected chi connectivity index (χ1v) is 33.8. The van der Waals surface area contributed by atoms with Crippen molar-refractivity contribution in [2.24, 2.45) is 0 Å². The second-order valence-electron chi connectivity index (χ2n) is 22.7. The lowest BCUT2D eigenvalue weighted by Gasteiger charge is -2.18. The van der Waals surface area contributed by atoms with Crippen molar-refractivity contribution < 1.29 is 28.6 Å². The zero-order valence-electron chi connectivity index (χ0n) is 51.5. The lowest BCUT2D eigenvalue weighted by Crippen LogP contribution is -2.30. The summed E-state index contributed by atoms with van der Waals surface area (Å²) in [6.45, 7) is 6.50. The molecule has 0 N–H and O–H groups in total. The van der Waals surface area contributed by atoms with Crippen molar-refractivity contribution in [3.63, 3.8) is 0 Å². The average molecular weight is 1080 g/mol. The van der Waals surface area contributed by atoms with E-state index in [4.69, 9.17) is 14.2 Å². The van der Waals surface area contributed by atoms with E-state index in [9.17, 15) is 14.4 Å². The molecule has 6 heteroatoms. The maximum atomic E-state index is 12.8. The third kappa shape index (κ3) is 63.8. The molecule has 0 aromatic rings. The van der Waals surface area contributed by atoms with E-state index in [2.05, 4.69) is 81.5 Å². The van der Waals surface area contributed by atoms with Crippen molar-refractivity contribution in [3.8, 4) is 0 Å². The number of hydrogen-bond acceptors (Lipinski definition) is 6. The second kappa shape index (κ2) is 65.6. The fourth-order valence-electron chi connectivity index (χ4n) is 10.0. The highest BCUT2D eigenvalue weighted by Crippen LogP contribution is 2.18. The molecule has 0 bridgehead atoms. The number of carbonyl (C=O) groups excluding carboxylic acids is 3. The van der Waals surface area contributed by atoms with E-state index in [1.165, 1.54) is 218 Å². The molecule has 1 atom stereocenters. The maximum Gasteiger partial charge on any atom is 0.306 e. The normalized spacial score (nSPS) is 12.4. The third-order valence-corrected chi connectivity index (χ3v) is 15.0. The van der Waals surface area contributed by atoms with Crippen molar-refractivity contribution in [1.82, 2.24) is 0 Å². The Morgan fingerprint density at radius 3 is 0.792 bits per heavy atom. The molecular weight excluding hydrogens is 949 g/mol. The van der Waals surface area contributed by atoms with Crippen LogP contribution in [0.4, 0.5) is 0 Å². The summed E-state index contributed by atoms with van der Waals surface area (Å²) in [4.78, 5) is 37.9. The Morgan fingerprint density at radius 2 is 0.506 bits per heavy atom.